The van der Waals surface area contributed by atoms with Gasteiger partial charge in [0.15, 0.2) is 0 Å². The molecule has 2 aromatic heterocycles. The van der Waals surface area contributed by atoms with Gasteiger partial charge in [0.25, 0.3) is 0 Å². The van der Waals surface area contributed by atoms with Crippen molar-refractivity contribution in [2.45, 2.75) is 39.0 Å². The topological polar surface area (TPSA) is 70.6 Å². The number of rotatable bonds is 6. The molecule has 0 aliphatic carbocycles. The molecule has 0 radical (unpaired) electrons. The van der Waals surface area contributed by atoms with E-state index >= 15 is 0 Å². The number of carbonyl (C=O) groups excluding carboxylic acids is 1. The summed E-state index contributed by atoms with van der Waals surface area (Å²) < 4.78 is 44.0. The Morgan fingerprint density at radius 3 is 2.59 bits per heavy atom. The molecule has 2 aromatic carbocycles. The summed E-state index contributed by atoms with van der Waals surface area (Å²) in [5.74, 6) is 0.564. The fourth-order valence-corrected chi connectivity index (χ4v) is 5.98. The average molecular weight is 556 g/mol. The van der Waals surface area contributed by atoms with Gasteiger partial charge >= 0.3 is 12.6 Å². The number of aromatic nitrogens is 2. The van der Waals surface area contributed by atoms with Crippen molar-refractivity contribution in [2.24, 2.45) is 0 Å². The molecule has 7 nitrogen and oxygen atoms in total. The molecule has 1 fully saturated rings. The summed E-state index contributed by atoms with van der Waals surface area (Å²) >= 11 is 1.56. The zero-order valence-corrected chi connectivity index (χ0v) is 22.5. The number of carbonyl (C=O) groups is 1. The van der Waals surface area contributed by atoms with Crippen LogP contribution in [0.25, 0.3) is 20.7 Å². The van der Waals surface area contributed by atoms with E-state index in [0.717, 1.165) is 26.5 Å². The van der Waals surface area contributed by atoms with Crippen molar-refractivity contribution in [3.05, 3.63) is 72.3 Å². The number of thiophene rings is 1. The molecule has 1 aliphatic rings. The van der Waals surface area contributed by atoms with E-state index < -0.39 is 18.2 Å². The van der Waals surface area contributed by atoms with Crippen LogP contribution in [0.3, 0.4) is 0 Å². The number of nitrogens with one attached hydrogen (secondary N) is 1. The molecule has 2 amide bonds. The lowest BCUT2D eigenvalue weighted by Gasteiger charge is -2.47. The van der Waals surface area contributed by atoms with Crippen LogP contribution in [0.2, 0.25) is 0 Å². The van der Waals surface area contributed by atoms with Crippen molar-refractivity contribution in [3.8, 4) is 16.2 Å². The lowest BCUT2D eigenvalue weighted by Crippen LogP contribution is -2.63. The van der Waals surface area contributed by atoms with Crippen molar-refractivity contribution >= 4 is 33.4 Å². The number of nitrogens with zero attached hydrogens (tertiary/aromatic N) is 4. The molecule has 3 heterocycles. The number of urea groups is 1. The standard InChI is InChI=1S/C28H28F3N5O2S/c1-17(19-5-4-6-21(13-19)38-26(30)31)34-27(37)36-12-11-35(15-28(36,2)3)25-24-22(32-16-33-25)14-23(39-24)18-7-9-20(29)10-8-18/h4-10,13-14,16-17,26H,11-12,15H2,1-3H3,(H,34,37)/t17-/m0/s1. The Bertz CT molecular complexity index is 1480. The van der Waals surface area contributed by atoms with Crippen LogP contribution in [-0.4, -0.2) is 52.7 Å². The van der Waals surface area contributed by atoms with E-state index in [-0.39, 0.29) is 17.6 Å². The Balaban J connectivity index is 1.30. The first-order valence-corrected chi connectivity index (χ1v) is 13.3. The summed E-state index contributed by atoms with van der Waals surface area (Å²) in [6.45, 7) is 4.45. The smallest absolute Gasteiger partial charge is 0.387 e. The molecular formula is C28H28F3N5O2S. The Morgan fingerprint density at radius 1 is 1.10 bits per heavy atom. The Morgan fingerprint density at radius 2 is 1.87 bits per heavy atom. The third-order valence-electron chi connectivity index (χ3n) is 6.79. The molecule has 1 aliphatic heterocycles. The van der Waals surface area contributed by atoms with Crippen molar-refractivity contribution in [1.82, 2.24) is 20.2 Å². The van der Waals surface area contributed by atoms with E-state index in [1.54, 1.807) is 53.8 Å². The maximum atomic E-state index is 13.4. The summed E-state index contributed by atoms with van der Waals surface area (Å²) in [7, 11) is 0. The van der Waals surface area contributed by atoms with E-state index in [1.807, 2.05) is 19.9 Å². The van der Waals surface area contributed by atoms with Crippen molar-refractivity contribution in [1.29, 1.82) is 0 Å². The summed E-state index contributed by atoms with van der Waals surface area (Å²) in [5.41, 5.74) is 1.86. The van der Waals surface area contributed by atoms with Crippen LogP contribution >= 0.6 is 11.3 Å². The van der Waals surface area contributed by atoms with Crippen LogP contribution in [0.5, 0.6) is 5.75 Å². The number of piperazine rings is 1. The predicted molar refractivity (Wildman–Crippen MR) is 146 cm³/mol. The zero-order chi connectivity index (χ0) is 27.7. The maximum absolute atomic E-state index is 13.4. The second-order valence-electron chi connectivity index (χ2n) is 10.0. The van der Waals surface area contributed by atoms with Crippen LogP contribution in [0.4, 0.5) is 23.8 Å². The van der Waals surface area contributed by atoms with Gasteiger partial charge in [0, 0.05) is 24.5 Å². The molecule has 5 rings (SSSR count). The molecule has 0 spiro atoms. The second-order valence-corrected chi connectivity index (χ2v) is 11.1. The molecule has 0 unspecified atom stereocenters. The van der Waals surface area contributed by atoms with Gasteiger partial charge in [0.2, 0.25) is 0 Å². The molecule has 204 valence electrons. The second kappa shape index (κ2) is 10.7. The largest absolute Gasteiger partial charge is 0.435 e. The minimum atomic E-state index is -2.91. The molecule has 1 N–H and O–H groups in total. The lowest BCUT2D eigenvalue weighted by atomic mass is 9.99. The first kappa shape index (κ1) is 26.7. The monoisotopic (exact) mass is 555 g/mol. The van der Waals surface area contributed by atoms with Crippen molar-refractivity contribution in [3.63, 3.8) is 0 Å². The van der Waals surface area contributed by atoms with E-state index in [9.17, 15) is 18.0 Å². The fraction of sp³-hybridized carbons (Fsp3) is 0.321. The number of benzene rings is 2. The molecule has 0 saturated carbocycles. The van der Waals surface area contributed by atoms with Gasteiger partial charge in [-0.1, -0.05) is 24.3 Å². The highest BCUT2D eigenvalue weighted by Gasteiger charge is 2.38. The molecule has 1 atom stereocenters. The first-order chi connectivity index (χ1) is 18.6. The van der Waals surface area contributed by atoms with E-state index in [2.05, 4.69) is 24.9 Å². The Hall–Kier alpha value is -3.86. The number of alkyl halides is 2. The molecule has 1 saturated heterocycles. The molecular weight excluding hydrogens is 527 g/mol. The number of anilines is 1. The van der Waals surface area contributed by atoms with Crippen molar-refractivity contribution in [2.75, 3.05) is 24.5 Å². The summed E-state index contributed by atoms with van der Waals surface area (Å²) in [5, 5.41) is 2.99. The number of halogens is 3. The van der Waals surface area contributed by atoms with Crippen LogP contribution in [0, 0.1) is 5.82 Å². The van der Waals surface area contributed by atoms with Gasteiger partial charge in [-0.25, -0.2) is 19.2 Å². The van der Waals surface area contributed by atoms with Crippen LogP contribution < -0.4 is 15.0 Å². The van der Waals surface area contributed by atoms with Gasteiger partial charge in [-0.05, 0) is 62.2 Å². The van der Waals surface area contributed by atoms with Gasteiger partial charge in [0.05, 0.1) is 21.8 Å². The highest BCUT2D eigenvalue weighted by atomic mass is 32.1. The average Bonchev–Trinajstić information content (AvgIpc) is 3.32. The third kappa shape index (κ3) is 5.78. The summed E-state index contributed by atoms with van der Waals surface area (Å²) in [4.78, 5) is 27.2. The highest BCUT2D eigenvalue weighted by Crippen LogP contribution is 2.38. The molecule has 39 heavy (non-hydrogen) atoms. The number of amides is 2. The van der Waals surface area contributed by atoms with Crippen molar-refractivity contribution < 1.29 is 22.7 Å². The number of fused-ring (bicyclic) bond motifs is 1. The molecule has 4 aromatic rings. The highest BCUT2D eigenvalue weighted by molar-refractivity contribution is 7.22. The Labute approximate surface area is 228 Å². The summed E-state index contributed by atoms with van der Waals surface area (Å²) in [6.07, 6.45) is 1.54. The number of hydrogen-bond donors (Lipinski definition) is 1. The molecule has 11 heteroatoms. The minimum Gasteiger partial charge on any atom is -0.435 e. The third-order valence-corrected chi connectivity index (χ3v) is 7.96. The minimum absolute atomic E-state index is 0.0462. The first-order valence-electron chi connectivity index (χ1n) is 12.5. The van der Waals surface area contributed by atoms with E-state index in [1.165, 1.54) is 24.3 Å². The lowest BCUT2D eigenvalue weighted by molar-refractivity contribution is -0.0499. The van der Waals surface area contributed by atoms with Gasteiger partial charge in [-0.15, -0.1) is 11.3 Å². The van der Waals surface area contributed by atoms with Gasteiger partial charge in [-0.2, -0.15) is 8.78 Å². The van der Waals surface area contributed by atoms with E-state index in [0.29, 0.717) is 25.2 Å². The normalized spacial score (nSPS) is 16.0. The molecule has 0 bridgehead atoms. The van der Waals surface area contributed by atoms with Gasteiger partial charge < -0.3 is 19.9 Å². The Kier molecular flexibility index (Phi) is 7.35. The van der Waals surface area contributed by atoms with Crippen LogP contribution in [-0.2, 0) is 0 Å². The number of hydrogen-bond acceptors (Lipinski definition) is 6. The fourth-order valence-electron chi connectivity index (χ4n) is 4.84. The van der Waals surface area contributed by atoms with E-state index in [4.69, 9.17) is 0 Å². The van der Waals surface area contributed by atoms with Crippen LogP contribution in [0.1, 0.15) is 32.4 Å². The quantitative estimate of drug-likeness (QED) is 0.295. The predicted octanol–water partition coefficient (Wildman–Crippen LogP) is 6.47. The van der Waals surface area contributed by atoms with Crippen LogP contribution in [0.15, 0.2) is 60.9 Å². The summed E-state index contributed by atoms with van der Waals surface area (Å²) in [6, 6.07) is 14.0. The maximum Gasteiger partial charge on any atom is 0.387 e. The zero-order valence-electron chi connectivity index (χ0n) is 21.7. The van der Waals surface area contributed by atoms with Gasteiger partial charge in [-0.3, -0.25) is 0 Å². The number of ether oxygens (including phenoxy) is 1. The SMILES string of the molecule is C[C@H](NC(=O)N1CCN(c2ncnc3cc(-c4ccc(F)cc4)sc23)CC1(C)C)c1cccc(OC(F)F)c1. The van der Waals surface area contributed by atoms with Gasteiger partial charge in [0.1, 0.15) is 23.7 Å².